The summed E-state index contributed by atoms with van der Waals surface area (Å²) in [4.78, 5) is 30.9. The minimum Gasteiger partial charge on any atom is -0.463 e. The van der Waals surface area contributed by atoms with Crippen LogP contribution in [0.2, 0.25) is 0 Å². The largest absolute Gasteiger partial charge is 0.463 e. The summed E-state index contributed by atoms with van der Waals surface area (Å²) >= 11 is 0. The molecule has 2 N–H and O–H groups in total. The quantitative estimate of drug-likeness (QED) is 0.794. The van der Waals surface area contributed by atoms with Crippen molar-refractivity contribution >= 4 is 11.2 Å². The molecule has 8 nitrogen and oxygen atoms in total. The molecule has 2 aromatic rings. The lowest BCUT2D eigenvalue weighted by atomic mass is 10.1. The first-order chi connectivity index (χ1) is 10.1. The molecule has 0 bridgehead atoms. The molecule has 0 radical (unpaired) electrons. The maximum Gasteiger partial charge on any atom is 0.332 e. The number of piperidine rings is 1. The Bertz CT molecular complexity index is 766. The van der Waals surface area contributed by atoms with Crippen LogP contribution in [0, 0.1) is 0 Å². The van der Waals surface area contributed by atoms with Gasteiger partial charge in [0, 0.05) is 20.1 Å². The van der Waals surface area contributed by atoms with Crippen molar-refractivity contribution in [3.63, 3.8) is 0 Å². The average molecular weight is 293 g/mol. The third-order valence-electron chi connectivity index (χ3n) is 3.91. The van der Waals surface area contributed by atoms with E-state index in [0.717, 1.165) is 17.5 Å². The fourth-order valence-electron chi connectivity index (χ4n) is 2.62. The number of hydrogen-bond donors (Lipinski definition) is 2. The van der Waals surface area contributed by atoms with Crippen LogP contribution in [-0.2, 0) is 14.1 Å². The van der Waals surface area contributed by atoms with Crippen LogP contribution >= 0.6 is 0 Å². The van der Waals surface area contributed by atoms with Gasteiger partial charge in [-0.25, -0.2) is 4.79 Å². The third kappa shape index (κ3) is 2.46. The van der Waals surface area contributed by atoms with Crippen molar-refractivity contribution in [1.82, 2.24) is 24.4 Å². The number of rotatable bonds is 3. The molecular weight excluding hydrogens is 274 g/mol. The van der Waals surface area contributed by atoms with Crippen LogP contribution in [0.15, 0.2) is 9.59 Å². The second-order valence-electron chi connectivity index (χ2n) is 5.40. The summed E-state index contributed by atoms with van der Waals surface area (Å²) in [6.45, 7) is 1.50. The number of aromatic amines is 1. The predicted molar refractivity (Wildman–Crippen MR) is 77.7 cm³/mol. The maximum atomic E-state index is 12.0. The van der Waals surface area contributed by atoms with E-state index >= 15 is 0 Å². The molecule has 0 aromatic carbocycles. The standard InChI is InChI=1S/C13H19N5O3/c1-17-10-9(11(19)18(2)13(17)20)15-12(16-10)21-7-8-5-3-4-6-14-8/h8,14H,3-7H2,1-2H3,(H,15,16). The molecule has 0 amide bonds. The second kappa shape index (κ2) is 5.36. The molecule has 1 aliphatic rings. The molecule has 21 heavy (non-hydrogen) atoms. The molecule has 0 saturated carbocycles. The molecule has 114 valence electrons. The Morgan fingerprint density at radius 3 is 2.81 bits per heavy atom. The lowest BCUT2D eigenvalue weighted by Crippen LogP contribution is -2.38. The topological polar surface area (TPSA) is 93.9 Å². The maximum absolute atomic E-state index is 12.0. The number of hydrogen-bond acceptors (Lipinski definition) is 5. The number of aryl methyl sites for hydroxylation is 1. The minimum absolute atomic E-state index is 0.274. The Hall–Kier alpha value is -2.09. The normalized spacial score (nSPS) is 19.0. The van der Waals surface area contributed by atoms with Gasteiger partial charge >= 0.3 is 5.69 Å². The number of imidazole rings is 1. The fraction of sp³-hybridized carbons (Fsp3) is 0.615. The summed E-state index contributed by atoms with van der Waals surface area (Å²) in [5.74, 6) is 0. The summed E-state index contributed by atoms with van der Waals surface area (Å²) < 4.78 is 8.01. The van der Waals surface area contributed by atoms with Crippen LogP contribution in [0.3, 0.4) is 0 Å². The zero-order valence-corrected chi connectivity index (χ0v) is 12.2. The van der Waals surface area contributed by atoms with Crippen molar-refractivity contribution in [3.05, 3.63) is 20.8 Å². The van der Waals surface area contributed by atoms with Crippen LogP contribution < -0.4 is 21.3 Å². The van der Waals surface area contributed by atoms with Crippen molar-refractivity contribution in [1.29, 1.82) is 0 Å². The smallest absolute Gasteiger partial charge is 0.332 e. The molecule has 3 rings (SSSR count). The summed E-state index contributed by atoms with van der Waals surface area (Å²) in [5.41, 5.74) is -0.202. The van der Waals surface area contributed by atoms with E-state index in [4.69, 9.17) is 4.74 Å². The van der Waals surface area contributed by atoms with Gasteiger partial charge in [0.05, 0.1) is 0 Å². The Balaban J connectivity index is 1.87. The summed E-state index contributed by atoms with van der Waals surface area (Å²) in [5, 5.41) is 3.38. The van der Waals surface area contributed by atoms with Crippen LogP contribution in [-0.4, -0.2) is 38.3 Å². The molecular formula is C13H19N5O3. The molecule has 3 heterocycles. The van der Waals surface area contributed by atoms with Crippen LogP contribution in [0.25, 0.3) is 11.2 Å². The fourth-order valence-corrected chi connectivity index (χ4v) is 2.62. The summed E-state index contributed by atoms with van der Waals surface area (Å²) in [6, 6.07) is 0.578. The van der Waals surface area contributed by atoms with Gasteiger partial charge < -0.3 is 15.0 Å². The van der Waals surface area contributed by atoms with Gasteiger partial charge in [0.15, 0.2) is 11.2 Å². The first-order valence-electron chi connectivity index (χ1n) is 7.10. The Kier molecular flexibility index (Phi) is 3.54. The highest BCUT2D eigenvalue weighted by atomic mass is 16.5. The Morgan fingerprint density at radius 2 is 2.10 bits per heavy atom. The van der Waals surface area contributed by atoms with Gasteiger partial charge in [0.1, 0.15) is 6.61 Å². The predicted octanol–water partition coefficient (Wildman–Crippen LogP) is -0.519. The molecule has 0 spiro atoms. The van der Waals surface area contributed by atoms with Crippen molar-refractivity contribution < 1.29 is 4.74 Å². The van der Waals surface area contributed by atoms with E-state index in [1.54, 1.807) is 7.05 Å². The van der Waals surface area contributed by atoms with Gasteiger partial charge in [-0.1, -0.05) is 6.42 Å². The second-order valence-corrected chi connectivity index (χ2v) is 5.40. The van der Waals surface area contributed by atoms with E-state index in [-0.39, 0.29) is 11.5 Å². The summed E-state index contributed by atoms with van der Waals surface area (Å²) in [7, 11) is 3.02. The first kappa shape index (κ1) is 13.9. The Labute approximate surface area is 120 Å². The molecule has 2 aromatic heterocycles. The van der Waals surface area contributed by atoms with Gasteiger partial charge in [-0.05, 0) is 19.4 Å². The van der Waals surface area contributed by atoms with Gasteiger partial charge in [0.2, 0.25) is 0 Å². The number of nitrogens with one attached hydrogen (secondary N) is 2. The average Bonchev–Trinajstić information content (AvgIpc) is 2.94. The lowest BCUT2D eigenvalue weighted by Gasteiger charge is -2.22. The van der Waals surface area contributed by atoms with Crippen molar-refractivity contribution in [2.75, 3.05) is 13.2 Å². The number of nitrogens with zero attached hydrogens (tertiary/aromatic N) is 3. The van der Waals surface area contributed by atoms with Gasteiger partial charge in [0.25, 0.3) is 11.6 Å². The zero-order valence-electron chi connectivity index (χ0n) is 12.2. The van der Waals surface area contributed by atoms with Gasteiger partial charge in [-0.15, -0.1) is 0 Å². The molecule has 1 atom stereocenters. The summed E-state index contributed by atoms with van der Waals surface area (Å²) in [6.07, 6.45) is 3.45. The molecule has 0 aliphatic carbocycles. The van der Waals surface area contributed by atoms with Gasteiger partial charge in [-0.2, -0.15) is 4.98 Å². The van der Waals surface area contributed by atoms with Crippen molar-refractivity contribution in [2.24, 2.45) is 14.1 Å². The van der Waals surface area contributed by atoms with E-state index in [0.29, 0.717) is 18.3 Å². The molecule has 1 saturated heterocycles. The van der Waals surface area contributed by atoms with Crippen LogP contribution in [0.5, 0.6) is 6.01 Å². The van der Waals surface area contributed by atoms with Gasteiger partial charge in [-0.3, -0.25) is 13.9 Å². The lowest BCUT2D eigenvalue weighted by molar-refractivity contribution is 0.226. The van der Waals surface area contributed by atoms with E-state index < -0.39 is 11.2 Å². The van der Waals surface area contributed by atoms with E-state index in [9.17, 15) is 9.59 Å². The van der Waals surface area contributed by atoms with Crippen molar-refractivity contribution in [3.8, 4) is 6.01 Å². The highest BCUT2D eigenvalue weighted by molar-refractivity contribution is 5.70. The van der Waals surface area contributed by atoms with E-state index in [1.165, 1.54) is 24.5 Å². The minimum atomic E-state index is -0.403. The zero-order chi connectivity index (χ0) is 15.0. The number of ether oxygens (including phenoxy) is 1. The molecule has 1 fully saturated rings. The number of H-pyrrole nitrogens is 1. The molecule has 8 heteroatoms. The number of fused-ring (bicyclic) bond motifs is 1. The number of aromatic nitrogens is 4. The van der Waals surface area contributed by atoms with Crippen LogP contribution in [0.4, 0.5) is 0 Å². The van der Waals surface area contributed by atoms with Crippen molar-refractivity contribution in [2.45, 2.75) is 25.3 Å². The first-order valence-corrected chi connectivity index (χ1v) is 7.10. The third-order valence-corrected chi connectivity index (χ3v) is 3.91. The van der Waals surface area contributed by atoms with E-state index in [1.807, 2.05) is 0 Å². The molecule has 1 unspecified atom stereocenters. The Morgan fingerprint density at radius 1 is 1.29 bits per heavy atom. The molecule has 1 aliphatic heterocycles. The van der Waals surface area contributed by atoms with Crippen LogP contribution in [0.1, 0.15) is 19.3 Å². The monoisotopic (exact) mass is 293 g/mol. The van der Waals surface area contributed by atoms with E-state index in [2.05, 4.69) is 15.3 Å². The highest BCUT2D eigenvalue weighted by Gasteiger charge is 2.16. The highest BCUT2D eigenvalue weighted by Crippen LogP contribution is 2.12. The SMILES string of the molecule is Cn1c(=O)c2[nH]c(OCC3CCCCN3)nc2n(C)c1=O.